The van der Waals surface area contributed by atoms with Gasteiger partial charge in [-0.25, -0.2) is 4.68 Å². The summed E-state index contributed by atoms with van der Waals surface area (Å²) in [5.74, 6) is 1.47. The quantitative estimate of drug-likeness (QED) is 0.426. The summed E-state index contributed by atoms with van der Waals surface area (Å²) in [7, 11) is 1.55. The number of aromatic nitrogens is 3. The van der Waals surface area contributed by atoms with Gasteiger partial charge in [-0.3, -0.25) is 0 Å². The minimum Gasteiger partial charge on any atom is -0.491 e. The smallest absolute Gasteiger partial charge is 0.336 e. The fourth-order valence-electron chi connectivity index (χ4n) is 2.85. The molecule has 8 heteroatoms. The first-order chi connectivity index (χ1) is 14.7. The van der Waals surface area contributed by atoms with Crippen LogP contribution >= 0.6 is 11.3 Å². The molecular formula is C22H22N4O3S. The Hall–Kier alpha value is -3.36. The Morgan fingerprint density at radius 3 is 2.57 bits per heavy atom. The van der Waals surface area contributed by atoms with Gasteiger partial charge in [-0.1, -0.05) is 24.3 Å². The van der Waals surface area contributed by atoms with Crippen molar-refractivity contribution in [3.05, 3.63) is 72.1 Å². The van der Waals surface area contributed by atoms with Crippen LogP contribution in [0.2, 0.25) is 0 Å². The van der Waals surface area contributed by atoms with Crippen molar-refractivity contribution >= 4 is 17.0 Å². The van der Waals surface area contributed by atoms with Crippen molar-refractivity contribution in [2.75, 3.05) is 25.6 Å². The van der Waals surface area contributed by atoms with Crippen LogP contribution in [0.15, 0.2) is 72.1 Å². The van der Waals surface area contributed by atoms with Gasteiger partial charge in [0.2, 0.25) is 0 Å². The first-order valence-corrected chi connectivity index (χ1v) is 10.4. The number of ether oxygens (including phenoxy) is 2. The van der Waals surface area contributed by atoms with E-state index in [9.17, 15) is 5.11 Å². The number of hydrogen-bond acceptors (Lipinski definition) is 7. The Balaban J connectivity index is 1.38. The predicted molar refractivity (Wildman–Crippen MR) is 118 cm³/mol. The highest BCUT2D eigenvalue weighted by atomic mass is 32.1. The average molecular weight is 423 g/mol. The molecule has 0 amide bonds. The van der Waals surface area contributed by atoms with Crippen molar-refractivity contribution in [1.29, 1.82) is 0 Å². The zero-order valence-corrected chi connectivity index (χ0v) is 17.2. The SMILES string of the molecule is COc1nc(-c2cccs2)n(-c2ccc(NCC(O)COc3ccccc3)cc2)n1. The highest BCUT2D eigenvalue weighted by Gasteiger charge is 2.15. The third-order valence-electron chi connectivity index (χ3n) is 4.35. The van der Waals surface area contributed by atoms with Gasteiger partial charge >= 0.3 is 6.01 Å². The van der Waals surface area contributed by atoms with E-state index in [1.807, 2.05) is 72.1 Å². The molecule has 2 heterocycles. The monoisotopic (exact) mass is 422 g/mol. The van der Waals surface area contributed by atoms with Crippen LogP contribution in [0.4, 0.5) is 5.69 Å². The van der Waals surface area contributed by atoms with Crippen LogP contribution < -0.4 is 14.8 Å². The molecule has 4 rings (SSSR count). The highest BCUT2D eigenvalue weighted by molar-refractivity contribution is 7.13. The Bertz CT molecular complexity index is 1050. The first kappa shape index (κ1) is 19.9. The second kappa shape index (κ2) is 9.43. The summed E-state index contributed by atoms with van der Waals surface area (Å²) < 4.78 is 12.5. The number of hydrogen-bond donors (Lipinski definition) is 2. The fourth-order valence-corrected chi connectivity index (χ4v) is 3.55. The molecule has 2 N–H and O–H groups in total. The van der Waals surface area contributed by atoms with Crippen molar-refractivity contribution in [1.82, 2.24) is 14.8 Å². The van der Waals surface area contributed by atoms with E-state index in [0.717, 1.165) is 27.8 Å². The molecular weight excluding hydrogens is 400 g/mol. The molecule has 0 saturated heterocycles. The van der Waals surface area contributed by atoms with E-state index in [0.29, 0.717) is 12.6 Å². The van der Waals surface area contributed by atoms with Crippen molar-refractivity contribution in [3.63, 3.8) is 0 Å². The predicted octanol–water partition coefficient (Wildman–Crippen LogP) is 3.86. The minimum absolute atomic E-state index is 0.220. The molecule has 0 radical (unpaired) electrons. The molecule has 0 spiro atoms. The molecule has 4 aromatic rings. The molecule has 30 heavy (non-hydrogen) atoms. The van der Waals surface area contributed by atoms with Gasteiger partial charge < -0.3 is 19.9 Å². The lowest BCUT2D eigenvalue weighted by Crippen LogP contribution is -2.26. The Labute approximate surface area is 178 Å². The van der Waals surface area contributed by atoms with Crippen LogP contribution in [0, 0.1) is 0 Å². The summed E-state index contributed by atoms with van der Waals surface area (Å²) in [6.07, 6.45) is -0.630. The third-order valence-corrected chi connectivity index (χ3v) is 5.22. The van der Waals surface area contributed by atoms with Crippen LogP contribution in [-0.2, 0) is 0 Å². The zero-order valence-electron chi connectivity index (χ0n) is 16.4. The number of thiophene rings is 1. The van der Waals surface area contributed by atoms with Crippen LogP contribution in [0.1, 0.15) is 0 Å². The van der Waals surface area contributed by atoms with E-state index in [1.165, 1.54) is 0 Å². The lowest BCUT2D eigenvalue weighted by Gasteiger charge is -2.14. The number of methoxy groups -OCH3 is 1. The molecule has 154 valence electrons. The number of para-hydroxylation sites is 1. The van der Waals surface area contributed by atoms with Gasteiger partial charge in [-0.15, -0.1) is 16.4 Å². The number of benzene rings is 2. The standard InChI is InChI=1S/C22H22N4O3S/c1-28-22-24-21(20-8-5-13-30-20)26(25-22)17-11-9-16(10-12-17)23-14-18(27)15-29-19-6-3-2-4-7-19/h2-13,18,23,27H,14-15H2,1H3. The first-order valence-electron chi connectivity index (χ1n) is 9.48. The normalized spacial score (nSPS) is 11.8. The van der Waals surface area contributed by atoms with Gasteiger partial charge in [0.05, 0.1) is 17.7 Å². The average Bonchev–Trinajstić information content (AvgIpc) is 3.47. The lowest BCUT2D eigenvalue weighted by atomic mass is 10.2. The summed E-state index contributed by atoms with van der Waals surface area (Å²) in [4.78, 5) is 5.46. The molecule has 0 bridgehead atoms. The Morgan fingerprint density at radius 2 is 1.87 bits per heavy atom. The van der Waals surface area contributed by atoms with Gasteiger partial charge in [0.25, 0.3) is 0 Å². The minimum atomic E-state index is -0.630. The molecule has 0 aliphatic rings. The summed E-state index contributed by atoms with van der Waals surface area (Å²) >= 11 is 1.60. The van der Waals surface area contributed by atoms with Gasteiger partial charge in [0.15, 0.2) is 5.82 Å². The Kier molecular flexibility index (Phi) is 6.26. The second-order valence-electron chi connectivity index (χ2n) is 6.52. The topological polar surface area (TPSA) is 81.4 Å². The molecule has 0 fully saturated rings. The molecule has 0 aliphatic carbocycles. The summed E-state index contributed by atoms with van der Waals surface area (Å²) in [6, 6.07) is 21.5. The third kappa shape index (κ3) is 4.79. The van der Waals surface area contributed by atoms with Crippen molar-refractivity contribution in [2.24, 2.45) is 0 Å². The van der Waals surface area contributed by atoms with E-state index in [2.05, 4.69) is 15.4 Å². The fraction of sp³-hybridized carbons (Fsp3) is 0.182. The van der Waals surface area contributed by atoms with Crippen molar-refractivity contribution in [2.45, 2.75) is 6.10 Å². The van der Waals surface area contributed by atoms with E-state index >= 15 is 0 Å². The number of aliphatic hydroxyl groups is 1. The maximum absolute atomic E-state index is 10.2. The van der Waals surface area contributed by atoms with Gasteiger partial charge in [0.1, 0.15) is 18.5 Å². The maximum atomic E-state index is 10.2. The highest BCUT2D eigenvalue weighted by Crippen LogP contribution is 2.27. The molecule has 0 saturated carbocycles. The van der Waals surface area contributed by atoms with E-state index in [-0.39, 0.29) is 6.61 Å². The molecule has 0 aliphatic heterocycles. The largest absolute Gasteiger partial charge is 0.491 e. The van der Waals surface area contributed by atoms with Gasteiger partial charge in [-0.2, -0.15) is 4.98 Å². The van der Waals surface area contributed by atoms with Crippen molar-refractivity contribution in [3.8, 4) is 28.1 Å². The Morgan fingerprint density at radius 1 is 1.07 bits per heavy atom. The van der Waals surface area contributed by atoms with Crippen molar-refractivity contribution < 1.29 is 14.6 Å². The second-order valence-corrected chi connectivity index (χ2v) is 7.46. The molecule has 1 atom stereocenters. The van der Waals surface area contributed by atoms with Gasteiger partial charge in [-0.05, 0) is 47.8 Å². The van der Waals surface area contributed by atoms with Crippen LogP contribution in [0.3, 0.4) is 0 Å². The molecule has 1 unspecified atom stereocenters. The molecule has 7 nitrogen and oxygen atoms in total. The summed E-state index contributed by atoms with van der Waals surface area (Å²) in [6.45, 7) is 0.599. The lowest BCUT2D eigenvalue weighted by molar-refractivity contribution is 0.117. The maximum Gasteiger partial charge on any atom is 0.336 e. The number of rotatable bonds is 9. The van der Waals surface area contributed by atoms with Gasteiger partial charge in [0, 0.05) is 12.2 Å². The number of aliphatic hydroxyl groups excluding tert-OH is 1. The van der Waals surface area contributed by atoms with Crippen LogP contribution in [-0.4, -0.2) is 46.2 Å². The molecule has 2 aromatic carbocycles. The van der Waals surface area contributed by atoms with Crippen LogP contribution in [0.25, 0.3) is 16.4 Å². The number of anilines is 1. The summed E-state index contributed by atoms with van der Waals surface area (Å²) in [5, 5.41) is 19.8. The van der Waals surface area contributed by atoms with E-state index in [1.54, 1.807) is 23.1 Å². The van der Waals surface area contributed by atoms with E-state index in [4.69, 9.17) is 9.47 Å². The zero-order chi connectivity index (χ0) is 20.8. The number of nitrogens with one attached hydrogen (secondary N) is 1. The number of nitrogens with zero attached hydrogens (tertiary/aromatic N) is 3. The van der Waals surface area contributed by atoms with E-state index < -0.39 is 6.10 Å². The molecule has 2 aromatic heterocycles. The van der Waals surface area contributed by atoms with Crippen LogP contribution in [0.5, 0.6) is 11.8 Å². The summed E-state index contributed by atoms with van der Waals surface area (Å²) in [5.41, 5.74) is 1.76.